The summed E-state index contributed by atoms with van der Waals surface area (Å²) in [5.41, 5.74) is 12.0. The molecule has 0 amide bonds. The van der Waals surface area contributed by atoms with Crippen molar-refractivity contribution in [3.05, 3.63) is 119 Å². The third-order valence-electron chi connectivity index (χ3n) is 7.55. The number of hydrogen-bond donors (Lipinski definition) is 0. The Morgan fingerprint density at radius 1 is 0.611 bits per heavy atom. The van der Waals surface area contributed by atoms with Crippen LogP contribution in [0.2, 0.25) is 0 Å². The molecule has 172 valence electrons. The van der Waals surface area contributed by atoms with Crippen molar-refractivity contribution in [1.82, 2.24) is 9.97 Å². The molecule has 2 aromatic heterocycles. The second-order valence-electron chi connectivity index (χ2n) is 10.1. The van der Waals surface area contributed by atoms with E-state index in [0.717, 1.165) is 37.4 Å². The van der Waals surface area contributed by atoms with Gasteiger partial charge in [-0.05, 0) is 69.3 Å². The maximum Gasteiger partial charge on any atom is 0.0964 e. The molecule has 1 aliphatic carbocycles. The van der Waals surface area contributed by atoms with Crippen molar-refractivity contribution in [2.45, 2.75) is 19.3 Å². The molecule has 0 unspecified atom stereocenters. The summed E-state index contributed by atoms with van der Waals surface area (Å²) in [4.78, 5) is 9.42. The molecule has 6 aromatic rings. The van der Waals surface area contributed by atoms with Crippen LogP contribution in [0.5, 0.6) is 0 Å². The monoisotopic (exact) mass is 526 g/mol. The van der Waals surface area contributed by atoms with Crippen LogP contribution >= 0.6 is 15.9 Å². The SMILES string of the molecule is CC1(C)c2ccccc2-c2cccc(-c3cc(Br)cc(-c4cnc5c(ccc6cccnc65)c4)c3)c21. The number of pyridine rings is 2. The van der Waals surface area contributed by atoms with Gasteiger partial charge in [0.1, 0.15) is 0 Å². The van der Waals surface area contributed by atoms with Crippen molar-refractivity contribution in [2.24, 2.45) is 0 Å². The molecule has 4 aromatic carbocycles. The van der Waals surface area contributed by atoms with Gasteiger partial charge in [-0.3, -0.25) is 9.97 Å². The van der Waals surface area contributed by atoms with Gasteiger partial charge < -0.3 is 0 Å². The van der Waals surface area contributed by atoms with Gasteiger partial charge in [-0.25, -0.2) is 0 Å². The van der Waals surface area contributed by atoms with E-state index >= 15 is 0 Å². The fourth-order valence-corrected chi connectivity index (χ4v) is 6.39. The van der Waals surface area contributed by atoms with Crippen LogP contribution < -0.4 is 0 Å². The first-order chi connectivity index (χ1) is 17.5. The summed E-state index contributed by atoms with van der Waals surface area (Å²) in [5, 5.41) is 2.20. The summed E-state index contributed by atoms with van der Waals surface area (Å²) in [5.74, 6) is 0. The highest BCUT2D eigenvalue weighted by Crippen LogP contribution is 2.52. The largest absolute Gasteiger partial charge is 0.254 e. The van der Waals surface area contributed by atoms with Crippen LogP contribution in [0.4, 0.5) is 0 Å². The van der Waals surface area contributed by atoms with Crippen molar-refractivity contribution >= 4 is 37.7 Å². The summed E-state index contributed by atoms with van der Waals surface area (Å²) < 4.78 is 1.06. The number of nitrogens with zero attached hydrogens (tertiary/aromatic N) is 2. The van der Waals surface area contributed by atoms with Gasteiger partial charge >= 0.3 is 0 Å². The van der Waals surface area contributed by atoms with Crippen molar-refractivity contribution in [3.8, 4) is 33.4 Å². The summed E-state index contributed by atoms with van der Waals surface area (Å²) in [6.07, 6.45) is 3.80. The van der Waals surface area contributed by atoms with Gasteiger partial charge in [-0.1, -0.05) is 90.4 Å². The molecular weight excluding hydrogens is 504 g/mol. The quantitative estimate of drug-likeness (QED) is 0.210. The van der Waals surface area contributed by atoms with E-state index < -0.39 is 0 Å². The molecule has 0 N–H and O–H groups in total. The van der Waals surface area contributed by atoms with E-state index in [1.807, 2.05) is 18.5 Å². The van der Waals surface area contributed by atoms with Crippen LogP contribution in [-0.2, 0) is 5.41 Å². The van der Waals surface area contributed by atoms with Gasteiger partial charge in [0.2, 0.25) is 0 Å². The molecular formula is C33H23BrN2. The smallest absolute Gasteiger partial charge is 0.0964 e. The average molecular weight is 527 g/mol. The molecule has 2 nitrogen and oxygen atoms in total. The third kappa shape index (κ3) is 3.16. The van der Waals surface area contributed by atoms with E-state index in [2.05, 4.69) is 120 Å². The lowest BCUT2D eigenvalue weighted by Crippen LogP contribution is -2.16. The van der Waals surface area contributed by atoms with E-state index in [1.165, 1.54) is 33.4 Å². The molecule has 2 heterocycles. The third-order valence-corrected chi connectivity index (χ3v) is 8.00. The first kappa shape index (κ1) is 21.5. The van der Waals surface area contributed by atoms with E-state index in [4.69, 9.17) is 4.98 Å². The summed E-state index contributed by atoms with van der Waals surface area (Å²) >= 11 is 3.80. The summed E-state index contributed by atoms with van der Waals surface area (Å²) in [6.45, 7) is 4.68. The standard InChI is InChI=1S/C33H23BrN2/c1-33(2)29-11-4-3-8-27(29)28-10-5-9-26(30(28)33)23-16-22(17-25(34)18-23)24-15-21-13-12-20-7-6-14-35-31(20)32(21)36-19-24/h3-19H,1-2H3. The molecule has 3 heteroatoms. The Morgan fingerprint density at radius 3 is 2.28 bits per heavy atom. The predicted molar refractivity (Wildman–Crippen MR) is 153 cm³/mol. The van der Waals surface area contributed by atoms with Crippen LogP contribution in [0.1, 0.15) is 25.0 Å². The van der Waals surface area contributed by atoms with E-state index in [1.54, 1.807) is 0 Å². The molecule has 0 saturated heterocycles. The minimum atomic E-state index is -0.0659. The molecule has 0 radical (unpaired) electrons. The minimum absolute atomic E-state index is 0.0659. The molecule has 0 bridgehead atoms. The molecule has 0 atom stereocenters. The lowest BCUT2D eigenvalue weighted by molar-refractivity contribution is 0.662. The molecule has 7 rings (SSSR count). The fourth-order valence-electron chi connectivity index (χ4n) is 5.89. The molecule has 0 spiro atoms. The zero-order valence-corrected chi connectivity index (χ0v) is 21.7. The highest BCUT2D eigenvalue weighted by atomic mass is 79.9. The van der Waals surface area contributed by atoms with Crippen molar-refractivity contribution in [1.29, 1.82) is 0 Å². The molecule has 36 heavy (non-hydrogen) atoms. The zero-order chi connectivity index (χ0) is 24.4. The summed E-state index contributed by atoms with van der Waals surface area (Å²) in [6, 6.07) is 32.7. The second kappa shape index (κ2) is 7.84. The molecule has 1 aliphatic rings. The number of halogens is 1. The van der Waals surface area contributed by atoms with Gasteiger partial charge in [-0.2, -0.15) is 0 Å². The number of benzene rings is 4. The highest BCUT2D eigenvalue weighted by molar-refractivity contribution is 9.10. The Kier molecular flexibility index (Phi) is 4.67. The van der Waals surface area contributed by atoms with Crippen molar-refractivity contribution in [3.63, 3.8) is 0 Å². The first-order valence-corrected chi connectivity index (χ1v) is 13.0. The Balaban J connectivity index is 1.40. The Hall–Kier alpha value is -3.82. The number of hydrogen-bond acceptors (Lipinski definition) is 2. The topological polar surface area (TPSA) is 25.8 Å². The van der Waals surface area contributed by atoms with Crippen LogP contribution in [0.3, 0.4) is 0 Å². The summed E-state index contributed by atoms with van der Waals surface area (Å²) in [7, 11) is 0. The molecule has 0 aliphatic heterocycles. The van der Waals surface area contributed by atoms with Gasteiger partial charge in [0, 0.05) is 38.6 Å². The van der Waals surface area contributed by atoms with E-state index in [-0.39, 0.29) is 5.41 Å². The predicted octanol–water partition coefficient (Wildman–Crippen LogP) is 9.19. The highest BCUT2D eigenvalue weighted by Gasteiger charge is 2.37. The van der Waals surface area contributed by atoms with Crippen molar-refractivity contribution < 1.29 is 0 Å². The lowest BCUT2D eigenvalue weighted by Gasteiger charge is -2.24. The maximum atomic E-state index is 4.85. The Labute approximate surface area is 218 Å². The minimum Gasteiger partial charge on any atom is -0.254 e. The second-order valence-corrected chi connectivity index (χ2v) is 11.0. The van der Waals surface area contributed by atoms with Gasteiger partial charge in [0.05, 0.1) is 11.0 Å². The van der Waals surface area contributed by atoms with Crippen LogP contribution in [-0.4, -0.2) is 9.97 Å². The fraction of sp³-hybridized carbons (Fsp3) is 0.0909. The molecule has 0 saturated carbocycles. The van der Waals surface area contributed by atoms with E-state index in [0.29, 0.717) is 0 Å². The van der Waals surface area contributed by atoms with Gasteiger partial charge in [-0.15, -0.1) is 0 Å². The van der Waals surface area contributed by atoms with Crippen molar-refractivity contribution in [2.75, 3.05) is 0 Å². The van der Waals surface area contributed by atoms with Gasteiger partial charge in [0.15, 0.2) is 0 Å². The Bertz CT molecular complexity index is 1830. The van der Waals surface area contributed by atoms with Crippen LogP contribution in [0.25, 0.3) is 55.2 Å². The number of fused-ring (bicyclic) bond motifs is 6. The number of rotatable bonds is 2. The van der Waals surface area contributed by atoms with Crippen LogP contribution in [0.15, 0.2) is 108 Å². The average Bonchev–Trinajstić information content (AvgIpc) is 3.15. The Morgan fingerprint density at radius 2 is 1.36 bits per heavy atom. The van der Waals surface area contributed by atoms with Gasteiger partial charge in [0.25, 0.3) is 0 Å². The number of aromatic nitrogens is 2. The molecule has 0 fully saturated rings. The zero-order valence-electron chi connectivity index (χ0n) is 20.1. The van der Waals surface area contributed by atoms with Crippen LogP contribution in [0, 0.1) is 0 Å². The maximum absolute atomic E-state index is 4.85. The normalized spacial score (nSPS) is 13.6. The lowest BCUT2D eigenvalue weighted by atomic mass is 9.78. The first-order valence-electron chi connectivity index (χ1n) is 12.2. The van der Waals surface area contributed by atoms with E-state index in [9.17, 15) is 0 Å².